The van der Waals surface area contributed by atoms with Gasteiger partial charge in [-0.25, -0.2) is 9.64 Å². The topological polar surface area (TPSA) is 74.7 Å². The molecule has 1 atom stereocenters. The van der Waals surface area contributed by atoms with Crippen molar-refractivity contribution in [2.24, 2.45) is 5.92 Å². The molecule has 3 rings (SSSR count). The molecule has 0 amide bonds. The average molecular weight is 527 g/mol. The van der Waals surface area contributed by atoms with Crippen molar-refractivity contribution in [3.63, 3.8) is 0 Å². The van der Waals surface area contributed by atoms with Gasteiger partial charge in [-0.2, -0.15) is 5.26 Å². The molecule has 2 heterocycles. The molecule has 2 aromatic heterocycles. The van der Waals surface area contributed by atoms with Crippen LogP contribution in [0.1, 0.15) is 73.6 Å². The summed E-state index contributed by atoms with van der Waals surface area (Å²) in [5.41, 5.74) is 2.91. The number of terminal acetylenes is 1. The number of nitriles is 1. The van der Waals surface area contributed by atoms with E-state index < -0.39 is 5.97 Å². The second-order valence-corrected chi connectivity index (χ2v) is 9.20. The van der Waals surface area contributed by atoms with Gasteiger partial charge in [-0.3, -0.25) is 0 Å². The molecule has 0 spiro atoms. The molecule has 0 aliphatic carbocycles. The molecular weight excluding hydrogens is 496 g/mol. The molecule has 1 unspecified atom stereocenters. The summed E-state index contributed by atoms with van der Waals surface area (Å²) in [6, 6.07) is 11.6. The van der Waals surface area contributed by atoms with Gasteiger partial charge < -0.3 is 14.1 Å². The minimum absolute atomic E-state index is 0.0592. The van der Waals surface area contributed by atoms with Crippen LogP contribution in [-0.2, 0) is 4.74 Å². The first-order chi connectivity index (χ1) is 19.6. The van der Waals surface area contributed by atoms with Gasteiger partial charge in [0.15, 0.2) is 0 Å². The third kappa shape index (κ3) is 7.18. The van der Waals surface area contributed by atoms with Crippen molar-refractivity contribution < 1.29 is 9.53 Å². The van der Waals surface area contributed by atoms with Crippen LogP contribution in [0.4, 0.5) is 5.69 Å². The molecular formula is C34H30N4O2. The van der Waals surface area contributed by atoms with Crippen molar-refractivity contribution in [1.82, 2.24) is 9.38 Å². The highest BCUT2D eigenvalue weighted by molar-refractivity contribution is 6.04. The Balaban J connectivity index is 1.87. The van der Waals surface area contributed by atoms with Crippen molar-refractivity contribution in [3.8, 4) is 65.2 Å². The van der Waals surface area contributed by atoms with Gasteiger partial charge in [0, 0.05) is 11.3 Å². The van der Waals surface area contributed by atoms with Crippen LogP contribution in [0.25, 0.3) is 21.7 Å². The Kier molecular flexibility index (Phi) is 11.1. The molecule has 0 radical (unpaired) electrons. The minimum Gasteiger partial charge on any atom is -0.462 e. The van der Waals surface area contributed by atoms with Crippen LogP contribution in [0.2, 0.25) is 0 Å². The summed E-state index contributed by atoms with van der Waals surface area (Å²) in [6.07, 6.45) is 12.7. The molecule has 1 aromatic carbocycles. The summed E-state index contributed by atoms with van der Waals surface area (Å²) in [4.78, 5) is 20.1. The summed E-state index contributed by atoms with van der Waals surface area (Å²) in [5.74, 6) is 17.4. The zero-order valence-electron chi connectivity index (χ0n) is 22.9. The molecule has 0 fully saturated rings. The van der Waals surface area contributed by atoms with Crippen LogP contribution in [0.3, 0.4) is 0 Å². The first kappa shape index (κ1) is 29.3. The van der Waals surface area contributed by atoms with E-state index in [1.54, 1.807) is 11.3 Å². The molecule has 198 valence electrons. The molecule has 6 nitrogen and oxygen atoms in total. The summed E-state index contributed by atoms with van der Waals surface area (Å²) < 4.78 is 7.48. The van der Waals surface area contributed by atoms with Gasteiger partial charge in [0.2, 0.25) is 5.69 Å². The number of hydrogen-bond acceptors (Lipinski definition) is 3. The Bertz CT molecular complexity index is 1670. The number of aryl methyl sites for hydroxylation is 1. The number of nitrogens with zero attached hydrogens (tertiary/aromatic N) is 3. The third-order valence-electron chi connectivity index (χ3n) is 6.47. The Morgan fingerprint density at radius 2 is 1.80 bits per heavy atom. The van der Waals surface area contributed by atoms with Gasteiger partial charge in [-0.1, -0.05) is 81.7 Å². The van der Waals surface area contributed by atoms with Crippen LogP contribution in [0, 0.1) is 78.6 Å². The number of nitrogens with one attached hydrogen (secondary N) is 1. The van der Waals surface area contributed by atoms with E-state index in [4.69, 9.17) is 17.7 Å². The lowest BCUT2D eigenvalue weighted by atomic mass is 10.0. The van der Waals surface area contributed by atoms with Gasteiger partial charge in [-0.15, -0.1) is 6.42 Å². The molecule has 40 heavy (non-hydrogen) atoms. The van der Waals surface area contributed by atoms with E-state index in [9.17, 15) is 10.1 Å². The van der Waals surface area contributed by atoms with Crippen molar-refractivity contribution in [2.45, 2.75) is 58.8 Å². The number of rotatable bonds is 11. The van der Waals surface area contributed by atoms with Crippen LogP contribution >= 0.6 is 0 Å². The van der Waals surface area contributed by atoms with Gasteiger partial charge in [0.1, 0.15) is 29.6 Å². The fourth-order valence-electron chi connectivity index (χ4n) is 4.53. The van der Waals surface area contributed by atoms with Gasteiger partial charge in [0.05, 0.1) is 18.2 Å². The maximum Gasteiger partial charge on any atom is 0.331 e. The predicted octanol–water partition coefficient (Wildman–Crippen LogP) is 6.83. The van der Waals surface area contributed by atoms with E-state index in [1.807, 2.05) is 30.3 Å². The zero-order valence-corrected chi connectivity index (χ0v) is 22.9. The summed E-state index contributed by atoms with van der Waals surface area (Å²) in [5, 5.41) is 9.81. The molecule has 0 saturated carbocycles. The fourth-order valence-corrected chi connectivity index (χ4v) is 4.53. The van der Waals surface area contributed by atoms with E-state index in [-0.39, 0.29) is 23.8 Å². The third-order valence-corrected chi connectivity index (χ3v) is 6.47. The first-order valence-corrected chi connectivity index (χ1v) is 13.3. The number of carbonyl (C=O) groups excluding carboxylic acids is 1. The molecule has 6 heteroatoms. The SMILES string of the molecule is [C-]#[N+]c1c(C(=O)OCC(C#CC#CC#CC#C)CCCCCCCC)c2[nH]c(C#N)c(-c3ccccc3)n2c1C. The van der Waals surface area contributed by atoms with Gasteiger partial charge in [0.25, 0.3) is 0 Å². The number of ether oxygens (including phenoxy) is 1. The Hall–Kier alpha value is -5.27. The van der Waals surface area contributed by atoms with E-state index in [0.717, 1.165) is 31.2 Å². The summed E-state index contributed by atoms with van der Waals surface area (Å²) in [7, 11) is 0. The average Bonchev–Trinajstić information content (AvgIpc) is 3.49. The Morgan fingerprint density at radius 3 is 2.50 bits per heavy atom. The van der Waals surface area contributed by atoms with Crippen LogP contribution in [0.5, 0.6) is 0 Å². The number of unbranched alkanes of at least 4 members (excludes halogenated alkanes) is 5. The second-order valence-electron chi connectivity index (χ2n) is 9.20. The lowest BCUT2D eigenvalue weighted by Crippen LogP contribution is -2.13. The molecule has 0 saturated heterocycles. The van der Waals surface area contributed by atoms with E-state index in [0.29, 0.717) is 22.7 Å². The molecule has 3 aromatic rings. The normalized spacial score (nSPS) is 10.4. The van der Waals surface area contributed by atoms with Crippen LogP contribution in [-0.4, -0.2) is 22.0 Å². The second kappa shape index (κ2) is 15.2. The number of hydrogen-bond donors (Lipinski definition) is 1. The Morgan fingerprint density at radius 1 is 1.10 bits per heavy atom. The zero-order chi connectivity index (χ0) is 28.7. The lowest BCUT2D eigenvalue weighted by molar-refractivity contribution is 0.0467. The number of aromatic nitrogens is 2. The highest BCUT2D eigenvalue weighted by Gasteiger charge is 2.28. The van der Waals surface area contributed by atoms with Gasteiger partial charge in [-0.05, 0) is 48.9 Å². The summed E-state index contributed by atoms with van der Waals surface area (Å²) >= 11 is 0. The number of aromatic amines is 1. The van der Waals surface area contributed by atoms with Crippen LogP contribution < -0.4 is 0 Å². The number of imidazole rings is 1. The molecule has 1 N–H and O–H groups in total. The largest absolute Gasteiger partial charge is 0.462 e. The lowest BCUT2D eigenvalue weighted by Gasteiger charge is -2.11. The monoisotopic (exact) mass is 526 g/mol. The van der Waals surface area contributed by atoms with E-state index >= 15 is 0 Å². The van der Waals surface area contributed by atoms with Crippen molar-refractivity contribution in [2.75, 3.05) is 6.61 Å². The standard InChI is InChI=1S/C34H30N4O2/c1-5-7-9-11-13-16-20-27(21-17-14-12-10-8-6-2)25-40-34(39)30-31(36-4)26(3)38-32(28-22-18-15-19-23-28)29(24-35)37-33(30)38/h1,15,18-19,22-23,27,37H,6,8,10,12,14,17,21,25H2,2-3H3. The smallest absolute Gasteiger partial charge is 0.331 e. The quantitative estimate of drug-likeness (QED) is 0.129. The number of fused-ring (bicyclic) bond motifs is 1. The Labute approximate surface area is 236 Å². The number of benzene rings is 1. The van der Waals surface area contributed by atoms with Crippen molar-refractivity contribution in [1.29, 1.82) is 5.26 Å². The molecule has 0 aliphatic heterocycles. The maximum atomic E-state index is 13.4. The number of carbonyl (C=O) groups is 1. The van der Waals surface area contributed by atoms with Crippen LogP contribution in [0.15, 0.2) is 30.3 Å². The number of H-pyrrole nitrogens is 1. The van der Waals surface area contributed by atoms with Crippen molar-refractivity contribution in [3.05, 3.63) is 58.7 Å². The maximum absolute atomic E-state index is 13.4. The highest BCUT2D eigenvalue weighted by Crippen LogP contribution is 2.37. The number of esters is 1. The summed E-state index contributed by atoms with van der Waals surface area (Å²) in [6.45, 7) is 11.8. The molecule has 0 bridgehead atoms. The van der Waals surface area contributed by atoms with Crippen molar-refractivity contribution >= 4 is 17.3 Å². The predicted molar refractivity (Wildman–Crippen MR) is 157 cm³/mol. The first-order valence-electron chi connectivity index (χ1n) is 13.3. The van der Waals surface area contributed by atoms with Gasteiger partial charge >= 0.3 is 5.97 Å². The van der Waals surface area contributed by atoms with E-state index in [1.165, 1.54) is 19.3 Å². The highest BCUT2D eigenvalue weighted by atomic mass is 16.5. The molecule has 0 aliphatic rings. The minimum atomic E-state index is -0.636. The fraction of sp³-hybridized carbons (Fsp3) is 0.324. The van der Waals surface area contributed by atoms with E-state index in [2.05, 4.69) is 64.3 Å².